The van der Waals surface area contributed by atoms with Gasteiger partial charge in [0.15, 0.2) is 0 Å². The molecule has 2 amide bonds. The molecule has 0 bridgehead atoms. The van der Waals surface area contributed by atoms with E-state index in [0.29, 0.717) is 12.2 Å². The van der Waals surface area contributed by atoms with Crippen LogP contribution in [0.5, 0.6) is 0 Å². The predicted molar refractivity (Wildman–Crippen MR) is 81.9 cm³/mol. The van der Waals surface area contributed by atoms with Crippen molar-refractivity contribution in [3.05, 3.63) is 24.4 Å². The third kappa shape index (κ3) is 3.51. The van der Waals surface area contributed by atoms with E-state index in [2.05, 4.69) is 35.6 Å². The smallest absolute Gasteiger partial charge is 0.319 e. The van der Waals surface area contributed by atoms with E-state index in [1.165, 1.54) is 0 Å². The first-order valence-corrected chi connectivity index (χ1v) is 6.93. The van der Waals surface area contributed by atoms with E-state index >= 15 is 0 Å². The summed E-state index contributed by atoms with van der Waals surface area (Å²) < 4.78 is 1.91. The number of nitrogens with one attached hydrogen (secondary N) is 2. The molecule has 2 N–H and O–H groups in total. The fraction of sp³-hybridized carbons (Fsp3) is 0.400. The maximum atomic E-state index is 11.8. The Labute approximate surface area is 123 Å². The van der Waals surface area contributed by atoms with Gasteiger partial charge in [0.25, 0.3) is 0 Å². The summed E-state index contributed by atoms with van der Waals surface area (Å²) in [6.45, 7) is 6.20. The highest BCUT2D eigenvalue weighted by atomic mass is 16.2. The van der Waals surface area contributed by atoms with Gasteiger partial charge in [-0.3, -0.25) is 4.68 Å². The van der Waals surface area contributed by atoms with Gasteiger partial charge in [-0.2, -0.15) is 10.4 Å². The predicted octanol–water partition coefficient (Wildman–Crippen LogP) is 2.90. The van der Waals surface area contributed by atoms with E-state index in [4.69, 9.17) is 5.26 Å². The number of hydrogen-bond acceptors (Lipinski definition) is 3. The average molecular weight is 285 g/mol. The van der Waals surface area contributed by atoms with Crippen molar-refractivity contribution < 1.29 is 4.79 Å². The molecule has 0 saturated heterocycles. The van der Waals surface area contributed by atoms with Crippen molar-refractivity contribution in [2.24, 2.45) is 5.92 Å². The van der Waals surface area contributed by atoms with E-state index in [1.807, 2.05) is 29.1 Å². The van der Waals surface area contributed by atoms with Crippen molar-refractivity contribution in [1.82, 2.24) is 15.1 Å². The highest BCUT2D eigenvalue weighted by Crippen LogP contribution is 2.21. The molecule has 6 nitrogen and oxygen atoms in total. The van der Waals surface area contributed by atoms with Crippen molar-refractivity contribution in [2.45, 2.75) is 26.8 Å². The quantitative estimate of drug-likeness (QED) is 0.906. The third-order valence-corrected chi connectivity index (χ3v) is 3.13. The molecule has 0 spiro atoms. The van der Waals surface area contributed by atoms with E-state index in [-0.39, 0.29) is 18.0 Å². The number of benzene rings is 1. The summed E-state index contributed by atoms with van der Waals surface area (Å²) in [6, 6.07) is 7.67. The summed E-state index contributed by atoms with van der Waals surface area (Å²) in [5.41, 5.74) is 1.68. The molecule has 0 saturated carbocycles. The lowest BCUT2D eigenvalue weighted by Crippen LogP contribution is -2.32. The summed E-state index contributed by atoms with van der Waals surface area (Å²) in [7, 11) is 0. The number of amides is 2. The highest BCUT2D eigenvalue weighted by Gasteiger charge is 2.09. The zero-order chi connectivity index (χ0) is 15.4. The summed E-state index contributed by atoms with van der Waals surface area (Å²) in [5.74, 6) is -0.208. The molecule has 2 aromatic rings. The van der Waals surface area contributed by atoms with Crippen LogP contribution in [0.1, 0.15) is 26.8 Å². The van der Waals surface area contributed by atoms with Gasteiger partial charge in [0, 0.05) is 23.7 Å². The molecule has 1 unspecified atom stereocenters. The van der Waals surface area contributed by atoms with Gasteiger partial charge in [-0.05, 0) is 39.0 Å². The number of carbonyl (C=O) groups is 1. The molecule has 1 aromatic carbocycles. The lowest BCUT2D eigenvalue weighted by molar-refractivity contribution is 0.251. The van der Waals surface area contributed by atoms with Gasteiger partial charge in [0.05, 0.1) is 23.7 Å². The van der Waals surface area contributed by atoms with Gasteiger partial charge in [-0.15, -0.1) is 0 Å². The number of anilines is 1. The molecule has 0 aliphatic carbocycles. The number of rotatable bonds is 4. The molecule has 0 radical (unpaired) electrons. The molecule has 0 aliphatic heterocycles. The highest BCUT2D eigenvalue weighted by molar-refractivity contribution is 5.92. The van der Waals surface area contributed by atoms with Crippen molar-refractivity contribution in [3.8, 4) is 6.07 Å². The molecule has 0 aliphatic rings. The fourth-order valence-electron chi connectivity index (χ4n) is 1.99. The minimum Gasteiger partial charge on any atom is -0.337 e. The number of fused-ring (bicyclic) bond motifs is 1. The van der Waals surface area contributed by atoms with Crippen molar-refractivity contribution >= 4 is 22.6 Å². The Bertz CT molecular complexity index is 683. The monoisotopic (exact) mass is 285 g/mol. The van der Waals surface area contributed by atoms with Crippen molar-refractivity contribution in [2.75, 3.05) is 11.9 Å². The van der Waals surface area contributed by atoms with Crippen LogP contribution in [0, 0.1) is 17.2 Å². The first kappa shape index (κ1) is 14.9. The molecule has 1 heterocycles. The first-order valence-electron chi connectivity index (χ1n) is 6.93. The van der Waals surface area contributed by atoms with Crippen LogP contribution in [-0.4, -0.2) is 22.4 Å². The SMILES string of the molecule is CC(C#N)CNC(=O)Nc1ccc2cnn(C(C)C)c2c1. The number of nitriles is 1. The lowest BCUT2D eigenvalue weighted by Gasteiger charge is -2.10. The molecular formula is C15H19N5O. The normalized spacial score (nSPS) is 12.1. The van der Waals surface area contributed by atoms with Gasteiger partial charge in [0.2, 0.25) is 0 Å². The van der Waals surface area contributed by atoms with Crippen LogP contribution >= 0.6 is 0 Å². The van der Waals surface area contributed by atoms with Crippen LogP contribution in [0.15, 0.2) is 24.4 Å². The summed E-state index contributed by atoms with van der Waals surface area (Å²) in [4.78, 5) is 11.8. The summed E-state index contributed by atoms with van der Waals surface area (Å²) >= 11 is 0. The minimum absolute atomic E-state index is 0.208. The molecule has 1 aromatic heterocycles. The Morgan fingerprint density at radius 1 is 1.43 bits per heavy atom. The standard InChI is InChI=1S/C15H19N5O/c1-10(2)20-14-6-13(5-4-12(14)9-18-20)19-15(21)17-8-11(3)7-16/h4-6,9-11H,8H2,1-3H3,(H2,17,19,21). The van der Waals surface area contributed by atoms with Crippen LogP contribution in [0.2, 0.25) is 0 Å². The molecule has 110 valence electrons. The van der Waals surface area contributed by atoms with Gasteiger partial charge in [0.1, 0.15) is 0 Å². The number of nitrogens with zero attached hydrogens (tertiary/aromatic N) is 3. The molecule has 2 rings (SSSR count). The Balaban J connectivity index is 2.10. The summed E-state index contributed by atoms with van der Waals surface area (Å²) in [6.07, 6.45) is 1.81. The third-order valence-electron chi connectivity index (χ3n) is 3.13. The Morgan fingerprint density at radius 3 is 2.86 bits per heavy atom. The van der Waals surface area contributed by atoms with Crippen molar-refractivity contribution in [1.29, 1.82) is 5.26 Å². The maximum absolute atomic E-state index is 11.8. The van der Waals surface area contributed by atoms with Crippen LogP contribution in [-0.2, 0) is 0 Å². The number of aromatic nitrogens is 2. The van der Waals surface area contributed by atoms with E-state index in [0.717, 1.165) is 10.9 Å². The zero-order valence-electron chi connectivity index (χ0n) is 12.4. The van der Waals surface area contributed by atoms with Gasteiger partial charge in [-0.1, -0.05) is 0 Å². The van der Waals surface area contributed by atoms with Crippen LogP contribution in [0.25, 0.3) is 10.9 Å². The summed E-state index contributed by atoms with van der Waals surface area (Å²) in [5, 5.41) is 19.5. The largest absolute Gasteiger partial charge is 0.337 e. The van der Waals surface area contributed by atoms with Gasteiger partial charge in [-0.25, -0.2) is 4.79 Å². The second-order valence-corrected chi connectivity index (χ2v) is 5.32. The number of urea groups is 1. The Hall–Kier alpha value is -2.55. The Kier molecular flexibility index (Phi) is 4.43. The van der Waals surface area contributed by atoms with Crippen LogP contribution in [0.4, 0.5) is 10.5 Å². The topological polar surface area (TPSA) is 82.7 Å². The Morgan fingerprint density at radius 2 is 2.19 bits per heavy atom. The zero-order valence-corrected chi connectivity index (χ0v) is 12.4. The fourth-order valence-corrected chi connectivity index (χ4v) is 1.99. The van der Waals surface area contributed by atoms with E-state index in [1.54, 1.807) is 6.92 Å². The van der Waals surface area contributed by atoms with E-state index < -0.39 is 0 Å². The minimum atomic E-state index is -0.313. The molecule has 21 heavy (non-hydrogen) atoms. The van der Waals surface area contributed by atoms with E-state index in [9.17, 15) is 4.79 Å². The van der Waals surface area contributed by atoms with Crippen LogP contribution < -0.4 is 10.6 Å². The number of hydrogen-bond donors (Lipinski definition) is 2. The lowest BCUT2D eigenvalue weighted by atomic mass is 10.2. The molecule has 6 heteroatoms. The molecule has 0 fully saturated rings. The maximum Gasteiger partial charge on any atom is 0.319 e. The molecular weight excluding hydrogens is 266 g/mol. The first-order chi connectivity index (χ1) is 10.0. The second kappa shape index (κ2) is 6.27. The van der Waals surface area contributed by atoms with Gasteiger partial charge < -0.3 is 10.6 Å². The number of carbonyl (C=O) groups excluding carboxylic acids is 1. The average Bonchev–Trinajstić information content (AvgIpc) is 2.88. The van der Waals surface area contributed by atoms with Crippen LogP contribution in [0.3, 0.4) is 0 Å². The second-order valence-electron chi connectivity index (χ2n) is 5.32. The molecule has 1 atom stereocenters. The van der Waals surface area contributed by atoms with Crippen molar-refractivity contribution in [3.63, 3.8) is 0 Å². The van der Waals surface area contributed by atoms with Gasteiger partial charge >= 0.3 is 6.03 Å².